The minimum absolute atomic E-state index is 0.0741. The molecule has 0 aliphatic carbocycles. The Kier molecular flexibility index (Phi) is 6.68. The number of nitrogens with two attached hydrogens (primary N) is 1. The first-order valence-electron chi connectivity index (χ1n) is 8.09. The quantitative estimate of drug-likeness (QED) is 0.672. The summed E-state index contributed by atoms with van der Waals surface area (Å²) >= 11 is 3.26. The zero-order chi connectivity index (χ0) is 19.3. The van der Waals surface area contributed by atoms with Gasteiger partial charge in [0.05, 0.1) is 10.7 Å². The monoisotopic (exact) mass is 422 g/mol. The third kappa shape index (κ3) is 5.01. The van der Waals surface area contributed by atoms with Crippen molar-refractivity contribution < 1.29 is 14.0 Å². The van der Waals surface area contributed by atoms with Crippen molar-refractivity contribution in [1.82, 2.24) is 15.1 Å². The van der Waals surface area contributed by atoms with E-state index in [1.165, 1.54) is 22.9 Å². The molecule has 0 bridgehead atoms. The van der Waals surface area contributed by atoms with Gasteiger partial charge in [0.1, 0.15) is 17.5 Å². The lowest BCUT2D eigenvalue weighted by molar-refractivity contribution is -0.126. The summed E-state index contributed by atoms with van der Waals surface area (Å²) in [4.78, 5) is 23.5. The number of nitrogens with zero attached hydrogens (tertiary/aromatic N) is 2. The highest BCUT2D eigenvalue weighted by molar-refractivity contribution is 9.10. The molecule has 138 valence electrons. The molecule has 0 fully saturated rings. The van der Waals surface area contributed by atoms with Gasteiger partial charge in [-0.25, -0.2) is 9.07 Å². The normalized spacial score (nSPS) is 13.5. The van der Waals surface area contributed by atoms with Gasteiger partial charge in [-0.2, -0.15) is 5.10 Å². The van der Waals surface area contributed by atoms with E-state index in [9.17, 15) is 14.0 Å². The molecule has 2 rings (SSSR count). The molecule has 0 aliphatic rings. The summed E-state index contributed by atoms with van der Waals surface area (Å²) in [5.74, 6) is -1.59. The largest absolute Gasteiger partial charge is 0.368 e. The molecule has 0 saturated carbocycles. The van der Waals surface area contributed by atoms with Gasteiger partial charge >= 0.3 is 0 Å². The first kappa shape index (κ1) is 19.8. The van der Waals surface area contributed by atoms with E-state index in [0.717, 1.165) is 4.47 Å². The summed E-state index contributed by atoms with van der Waals surface area (Å²) in [5, 5.41) is 6.61. The minimum Gasteiger partial charge on any atom is -0.368 e. The highest BCUT2D eigenvalue weighted by Crippen LogP contribution is 2.18. The van der Waals surface area contributed by atoms with Crippen molar-refractivity contribution in [1.29, 1.82) is 0 Å². The maximum Gasteiger partial charge on any atom is 0.244 e. The highest BCUT2D eigenvalue weighted by Gasteiger charge is 2.22. The molecule has 26 heavy (non-hydrogen) atoms. The number of nitrogens with one attached hydrogen (secondary N) is 1. The van der Waals surface area contributed by atoms with Crippen molar-refractivity contribution in [3.63, 3.8) is 0 Å². The lowest BCUT2D eigenvalue weighted by Gasteiger charge is -2.20. The van der Waals surface area contributed by atoms with Crippen LogP contribution in [0.15, 0.2) is 41.1 Å². The van der Waals surface area contributed by atoms with Crippen LogP contribution in [0.2, 0.25) is 0 Å². The lowest BCUT2D eigenvalue weighted by Crippen LogP contribution is -2.47. The summed E-state index contributed by atoms with van der Waals surface area (Å²) in [6, 6.07) is 3.79. The second-order valence-electron chi connectivity index (χ2n) is 5.92. The number of halogens is 2. The molecule has 1 heterocycles. The number of hydrogen-bond donors (Lipinski definition) is 2. The number of carbonyl (C=O) groups excluding carboxylic acids is 2. The maximum atomic E-state index is 14.3. The van der Waals surface area contributed by atoms with Gasteiger partial charge in [-0.1, -0.05) is 26.3 Å². The van der Waals surface area contributed by atoms with Crippen molar-refractivity contribution in [2.45, 2.75) is 26.3 Å². The number of aromatic nitrogens is 2. The molecular weight excluding hydrogens is 403 g/mol. The van der Waals surface area contributed by atoms with E-state index in [-0.39, 0.29) is 5.92 Å². The molecule has 2 amide bonds. The van der Waals surface area contributed by atoms with Crippen molar-refractivity contribution in [2.24, 2.45) is 11.7 Å². The van der Waals surface area contributed by atoms with E-state index in [1.54, 1.807) is 24.5 Å². The second-order valence-corrected chi connectivity index (χ2v) is 6.84. The van der Waals surface area contributed by atoms with Crippen molar-refractivity contribution in [3.05, 3.63) is 52.5 Å². The molecule has 1 aromatic heterocycles. The zero-order valence-corrected chi connectivity index (χ0v) is 16.0. The molecule has 0 radical (unpaired) electrons. The number of rotatable bonds is 7. The van der Waals surface area contributed by atoms with E-state index in [0.29, 0.717) is 17.7 Å². The SMILES string of the molecule is CCC(C)C(NC(=O)/C=C/c1ccc(-n2cc(Br)cn2)c(F)c1)C(N)=O. The summed E-state index contributed by atoms with van der Waals surface area (Å²) < 4.78 is 16.4. The topological polar surface area (TPSA) is 90.0 Å². The fourth-order valence-corrected chi connectivity index (χ4v) is 2.63. The molecule has 2 unspecified atom stereocenters. The Morgan fingerprint density at radius 1 is 1.46 bits per heavy atom. The van der Waals surface area contributed by atoms with Crippen LogP contribution in [-0.4, -0.2) is 27.6 Å². The summed E-state index contributed by atoms with van der Waals surface area (Å²) in [6.07, 6.45) is 6.62. The summed E-state index contributed by atoms with van der Waals surface area (Å²) in [7, 11) is 0. The third-order valence-electron chi connectivity index (χ3n) is 4.01. The Morgan fingerprint density at radius 3 is 2.73 bits per heavy atom. The third-order valence-corrected chi connectivity index (χ3v) is 4.42. The second kappa shape index (κ2) is 8.75. The van der Waals surface area contributed by atoms with E-state index < -0.39 is 23.7 Å². The Morgan fingerprint density at radius 2 is 2.19 bits per heavy atom. The average molecular weight is 423 g/mol. The van der Waals surface area contributed by atoms with Crippen LogP contribution in [0.25, 0.3) is 11.8 Å². The molecule has 0 aliphatic heterocycles. The van der Waals surface area contributed by atoms with E-state index in [2.05, 4.69) is 26.3 Å². The molecule has 2 atom stereocenters. The van der Waals surface area contributed by atoms with Gasteiger partial charge in [0.25, 0.3) is 0 Å². The number of benzene rings is 1. The Hall–Kier alpha value is -2.48. The Labute approximate surface area is 159 Å². The Bertz CT molecular complexity index is 834. The number of amides is 2. The van der Waals surface area contributed by atoms with Gasteiger partial charge in [0.2, 0.25) is 11.8 Å². The van der Waals surface area contributed by atoms with Crippen LogP contribution in [-0.2, 0) is 9.59 Å². The summed E-state index contributed by atoms with van der Waals surface area (Å²) in [5.41, 5.74) is 6.12. The van der Waals surface area contributed by atoms with Gasteiger partial charge in [0, 0.05) is 12.3 Å². The van der Waals surface area contributed by atoms with E-state index >= 15 is 0 Å². The highest BCUT2D eigenvalue weighted by atomic mass is 79.9. The number of hydrogen-bond acceptors (Lipinski definition) is 3. The molecular formula is C18H20BrFN4O2. The van der Waals surface area contributed by atoms with Crippen LogP contribution in [0.4, 0.5) is 4.39 Å². The first-order valence-corrected chi connectivity index (χ1v) is 8.89. The smallest absolute Gasteiger partial charge is 0.244 e. The number of primary amides is 1. The van der Waals surface area contributed by atoms with Crippen molar-refractivity contribution in [2.75, 3.05) is 0 Å². The Balaban J connectivity index is 2.09. The first-order chi connectivity index (χ1) is 12.3. The van der Waals surface area contributed by atoms with Gasteiger partial charge in [-0.3, -0.25) is 9.59 Å². The van der Waals surface area contributed by atoms with Crippen LogP contribution in [0.5, 0.6) is 0 Å². The minimum atomic E-state index is -0.741. The fourth-order valence-electron chi connectivity index (χ4n) is 2.35. The van der Waals surface area contributed by atoms with Gasteiger partial charge in [-0.15, -0.1) is 0 Å². The van der Waals surface area contributed by atoms with Crippen molar-refractivity contribution >= 4 is 33.8 Å². The molecule has 1 aromatic carbocycles. The van der Waals surface area contributed by atoms with Crippen LogP contribution in [0.3, 0.4) is 0 Å². The predicted octanol–water partition coefficient (Wildman–Crippen LogP) is 2.80. The lowest BCUT2D eigenvalue weighted by atomic mass is 9.98. The molecule has 2 aromatic rings. The maximum absolute atomic E-state index is 14.3. The van der Waals surface area contributed by atoms with E-state index in [4.69, 9.17) is 5.73 Å². The van der Waals surface area contributed by atoms with Crippen LogP contribution in [0.1, 0.15) is 25.8 Å². The van der Waals surface area contributed by atoms with Gasteiger partial charge < -0.3 is 11.1 Å². The van der Waals surface area contributed by atoms with Crippen LogP contribution in [0, 0.1) is 11.7 Å². The zero-order valence-electron chi connectivity index (χ0n) is 14.4. The van der Waals surface area contributed by atoms with Gasteiger partial charge in [0.15, 0.2) is 0 Å². The molecule has 0 spiro atoms. The van der Waals surface area contributed by atoms with Crippen molar-refractivity contribution in [3.8, 4) is 5.69 Å². The molecule has 0 saturated heterocycles. The molecule has 6 nitrogen and oxygen atoms in total. The van der Waals surface area contributed by atoms with E-state index in [1.807, 2.05) is 13.8 Å². The fraction of sp³-hybridized carbons (Fsp3) is 0.278. The standard InChI is InChI=1S/C18H20BrFN4O2/c1-3-11(2)17(18(21)26)23-16(25)7-5-12-4-6-15(14(20)8-12)24-10-13(19)9-22-24/h4-11,17H,3H2,1-2H3,(H2,21,26)(H,23,25)/b7-5+. The predicted molar refractivity (Wildman–Crippen MR) is 101 cm³/mol. The summed E-state index contributed by atoms with van der Waals surface area (Å²) in [6.45, 7) is 3.74. The van der Waals surface area contributed by atoms with Crippen LogP contribution < -0.4 is 11.1 Å². The number of carbonyl (C=O) groups is 2. The molecule has 8 heteroatoms. The van der Waals surface area contributed by atoms with Gasteiger partial charge in [-0.05, 0) is 45.6 Å². The van der Waals surface area contributed by atoms with Crippen LogP contribution >= 0.6 is 15.9 Å². The average Bonchev–Trinajstić information content (AvgIpc) is 3.03. The molecule has 3 N–H and O–H groups in total.